The molecule has 106 valence electrons. The van der Waals surface area contributed by atoms with Crippen LogP contribution < -0.4 is 0 Å². The number of hydrogen-bond donors (Lipinski definition) is 1. The molecule has 0 aliphatic rings. The largest absolute Gasteiger partial charge is 0.196 e. The Balaban J connectivity index is 1.80. The van der Waals surface area contributed by atoms with E-state index in [4.69, 9.17) is 5.26 Å². The van der Waals surface area contributed by atoms with Crippen LogP contribution in [0.2, 0.25) is 0 Å². The summed E-state index contributed by atoms with van der Waals surface area (Å²) in [7, 11) is 0. The highest BCUT2D eigenvalue weighted by Gasteiger charge is 2.08. The van der Waals surface area contributed by atoms with Crippen molar-refractivity contribution in [1.82, 2.24) is 15.4 Å². The molecule has 1 N–H and O–H groups in total. The summed E-state index contributed by atoms with van der Waals surface area (Å²) < 4.78 is 0. The van der Waals surface area contributed by atoms with E-state index in [0.717, 1.165) is 16.7 Å². The van der Waals surface area contributed by atoms with Crippen LogP contribution in [-0.2, 0) is 0 Å². The van der Waals surface area contributed by atoms with Crippen LogP contribution in [0.3, 0.4) is 0 Å². The summed E-state index contributed by atoms with van der Waals surface area (Å²) >= 11 is 0. The SMILES string of the molecule is Cc1ccc(C=Cc2ccc(-c3n[nH]nc3C#N)cc2)cc1. The van der Waals surface area contributed by atoms with Gasteiger partial charge in [-0.2, -0.15) is 15.6 Å². The second-order valence-electron chi connectivity index (χ2n) is 5.00. The first-order valence-corrected chi connectivity index (χ1v) is 6.92. The summed E-state index contributed by atoms with van der Waals surface area (Å²) in [6, 6.07) is 18.3. The number of aromatic amines is 1. The van der Waals surface area contributed by atoms with E-state index in [1.165, 1.54) is 5.56 Å². The minimum absolute atomic E-state index is 0.308. The van der Waals surface area contributed by atoms with E-state index in [0.29, 0.717) is 11.4 Å². The number of aromatic nitrogens is 3. The second-order valence-corrected chi connectivity index (χ2v) is 5.00. The number of aryl methyl sites for hydroxylation is 1. The first-order chi connectivity index (χ1) is 10.8. The molecule has 0 aliphatic heterocycles. The Morgan fingerprint density at radius 2 is 1.50 bits per heavy atom. The number of rotatable bonds is 3. The number of nitriles is 1. The van der Waals surface area contributed by atoms with Crippen molar-refractivity contribution in [3.8, 4) is 17.3 Å². The smallest absolute Gasteiger partial charge is 0.190 e. The highest BCUT2D eigenvalue weighted by Crippen LogP contribution is 2.20. The number of nitrogens with zero attached hydrogens (tertiary/aromatic N) is 3. The maximum atomic E-state index is 8.97. The van der Waals surface area contributed by atoms with Crippen LogP contribution >= 0.6 is 0 Å². The van der Waals surface area contributed by atoms with Crippen LogP contribution in [0.4, 0.5) is 0 Å². The van der Waals surface area contributed by atoms with E-state index in [1.807, 2.05) is 30.3 Å². The van der Waals surface area contributed by atoms with Crippen molar-refractivity contribution in [1.29, 1.82) is 5.26 Å². The van der Waals surface area contributed by atoms with Crippen molar-refractivity contribution < 1.29 is 0 Å². The Morgan fingerprint density at radius 1 is 0.909 bits per heavy atom. The molecule has 3 aromatic rings. The molecule has 0 unspecified atom stereocenters. The quantitative estimate of drug-likeness (QED) is 0.744. The Labute approximate surface area is 128 Å². The van der Waals surface area contributed by atoms with Gasteiger partial charge in [0.25, 0.3) is 0 Å². The molecule has 0 atom stereocenters. The predicted octanol–water partition coefficient (Wildman–Crippen LogP) is 3.82. The molecule has 1 aromatic heterocycles. The van der Waals surface area contributed by atoms with Gasteiger partial charge in [-0.25, -0.2) is 0 Å². The summed E-state index contributed by atoms with van der Waals surface area (Å²) in [5, 5.41) is 19.3. The van der Waals surface area contributed by atoms with Crippen molar-refractivity contribution in [2.45, 2.75) is 6.92 Å². The van der Waals surface area contributed by atoms with Crippen LogP contribution in [0.5, 0.6) is 0 Å². The molecule has 0 saturated carbocycles. The molecule has 2 aromatic carbocycles. The second kappa shape index (κ2) is 6.06. The Hall–Kier alpha value is -3.19. The summed E-state index contributed by atoms with van der Waals surface area (Å²) in [4.78, 5) is 0. The van der Waals surface area contributed by atoms with Crippen molar-refractivity contribution >= 4 is 12.2 Å². The Bertz CT molecular complexity index is 834. The topological polar surface area (TPSA) is 65.4 Å². The average Bonchev–Trinajstić information content (AvgIpc) is 3.03. The summed E-state index contributed by atoms with van der Waals surface area (Å²) in [5.74, 6) is 0. The van der Waals surface area contributed by atoms with Crippen molar-refractivity contribution in [2.75, 3.05) is 0 Å². The van der Waals surface area contributed by atoms with Gasteiger partial charge in [0.1, 0.15) is 11.8 Å². The Kier molecular flexibility index (Phi) is 3.80. The highest BCUT2D eigenvalue weighted by molar-refractivity contribution is 5.72. The van der Waals surface area contributed by atoms with Gasteiger partial charge in [0.15, 0.2) is 5.69 Å². The lowest BCUT2D eigenvalue weighted by Gasteiger charge is -1.99. The molecule has 0 bridgehead atoms. The lowest BCUT2D eigenvalue weighted by molar-refractivity contribution is 0.937. The minimum Gasteiger partial charge on any atom is -0.196 e. The van der Waals surface area contributed by atoms with E-state index in [9.17, 15) is 0 Å². The maximum absolute atomic E-state index is 8.97. The summed E-state index contributed by atoms with van der Waals surface area (Å²) in [6.07, 6.45) is 4.13. The number of H-pyrrole nitrogens is 1. The van der Waals surface area contributed by atoms with Crippen LogP contribution in [-0.4, -0.2) is 15.4 Å². The Morgan fingerprint density at radius 3 is 2.09 bits per heavy atom. The van der Waals surface area contributed by atoms with Crippen LogP contribution in [0.1, 0.15) is 22.4 Å². The zero-order valence-electron chi connectivity index (χ0n) is 12.1. The summed E-state index contributed by atoms with van der Waals surface area (Å²) in [6.45, 7) is 2.08. The van der Waals surface area contributed by atoms with Gasteiger partial charge in [-0.1, -0.05) is 66.2 Å². The molecule has 4 heteroatoms. The predicted molar refractivity (Wildman–Crippen MR) is 86.6 cm³/mol. The van der Waals surface area contributed by atoms with Gasteiger partial charge < -0.3 is 0 Å². The fourth-order valence-corrected chi connectivity index (χ4v) is 2.13. The highest BCUT2D eigenvalue weighted by atomic mass is 15.3. The lowest BCUT2D eigenvalue weighted by atomic mass is 10.1. The molecule has 0 spiro atoms. The van der Waals surface area contributed by atoms with Gasteiger partial charge in [-0.15, -0.1) is 5.10 Å². The van der Waals surface area contributed by atoms with E-state index in [1.54, 1.807) is 0 Å². The van der Waals surface area contributed by atoms with Crippen LogP contribution in [0, 0.1) is 18.3 Å². The fourth-order valence-electron chi connectivity index (χ4n) is 2.13. The number of hydrogen-bond acceptors (Lipinski definition) is 3. The number of nitrogens with one attached hydrogen (secondary N) is 1. The fraction of sp³-hybridized carbons (Fsp3) is 0.0556. The third-order valence-electron chi connectivity index (χ3n) is 3.38. The van der Waals surface area contributed by atoms with Crippen molar-refractivity contribution in [3.63, 3.8) is 0 Å². The van der Waals surface area contributed by atoms with Gasteiger partial charge in [0, 0.05) is 5.56 Å². The van der Waals surface area contributed by atoms with Gasteiger partial charge >= 0.3 is 0 Å². The molecule has 0 aliphatic carbocycles. The van der Waals surface area contributed by atoms with Gasteiger partial charge in [-0.3, -0.25) is 0 Å². The molecule has 0 radical (unpaired) electrons. The standard InChI is InChI=1S/C18H14N4/c1-13-2-4-14(5-3-13)6-7-15-8-10-16(11-9-15)18-17(12-19)20-22-21-18/h2-11H,1H3,(H,20,21,22). The van der Waals surface area contributed by atoms with E-state index in [2.05, 4.69) is 58.8 Å². The lowest BCUT2D eigenvalue weighted by Crippen LogP contribution is -1.83. The van der Waals surface area contributed by atoms with Gasteiger partial charge in [-0.05, 0) is 18.1 Å². The molecular formula is C18H14N4. The van der Waals surface area contributed by atoms with Gasteiger partial charge in [0.2, 0.25) is 0 Å². The average molecular weight is 286 g/mol. The van der Waals surface area contributed by atoms with Crippen LogP contribution in [0.15, 0.2) is 48.5 Å². The zero-order chi connectivity index (χ0) is 15.4. The molecule has 4 nitrogen and oxygen atoms in total. The normalized spacial score (nSPS) is 10.7. The van der Waals surface area contributed by atoms with Crippen LogP contribution in [0.25, 0.3) is 23.4 Å². The molecule has 22 heavy (non-hydrogen) atoms. The first kappa shape index (κ1) is 13.8. The third kappa shape index (κ3) is 2.94. The first-order valence-electron chi connectivity index (χ1n) is 6.92. The third-order valence-corrected chi connectivity index (χ3v) is 3.38. The van der Waals surface area contributed by atoms with E-state index in [-0.39, 0.29) is 0 Å². The molecule has 0 amide bonds. The summed E-state index contributed by atoms with van der Waals surface area (Å²) in [5.41, 5.74) is 5.27. The molecular weight excluding hydrogens is 272 g/mol. The number of benzene rings is 2. The van der Waals surface area contributed by atoms with E-state index < -0.39 is 0 Å². The molecule has 0 saturated heterocycles. The monoisotopic (exact) mass is 286 g/mol. The van der Waals surface area contributed by atoms with Crippen molar-refractivity contribution in [3.05, 3.63) is 70.9 Å². The minimum atomic E-state index is 0.308. The molecule has 1 heterocycles. The molecule has 0 fully saturated rings. The maximum Gasteiger partial charge on any atom is 0.190 e. The zero-order valence-corrected chi connectivity index (χ0v) is 12.1. The van der Waals surface area contributed by atoms with Gasteiger partial charge in [0.05, 0.1) is 0 Å². The molecule has 3 rings (SSSR count). The van der Waals surface area contributed by atoms with Crippen molar-refractivity contribution in [2.24, 2.45) is 0 Å². The van der Waals surface area contributed by atoms with E-state index >= 15 is 0 Å².